The summed E-state index contributed by atoms with van der Waals surface area (Å²) in [7, 11) is 0. The Morgan fingerprint density at radius 1 is 1.05 bits per heavy atom. The molecule has 110 valence electrons. The van der Waals surface area contributed by atoms with E-state index in [1.54, 1.807) is 0 Å². The Morgan fingerprint density at radius 2 is 1.76 bits per heavy atom. The smallest absolute Gasteiger partial charge is 0.106 e. The van der Waals surface area contributed by atoms with Gasteiger partial charge in [0.05, 0.1) is 6.10 Å². The van der Waals surface area contributed by atoms with Crippen LogP contribution < -0.4 is 0 Å². The highest BCUT2D eigenvalue weighted by atomic mass is 32.1. The van der Waals surface area contributed by atoms with Gasteiger partial charge in [0, 0.05) is 34.1 Å². The molecular formula is C17H19NO2S. The number of aliphatic hydroxyl groups is 2. The maximum atomic E-state index is 10.2. The minimum atomic E-state index is -0.907. The number of hydrogen-bond acceptors (Lipinski definition) is 3. The van der Waals surface area contributed by atoms with Crippen LogP contribution in [0.1, 0.15) is 18.6 Å². The number of aliphatic hydroxyl groups excluding tert-OH is 2. The third kappa shape index (κ3) is 2.33. The molecule has 3 aromatic rings. The number of rotatable bonds is 4. The van der Waals surface area contributed by atoms with Crippen molar-refractivity contribution in [2.24, 2.45) is 0 Å². The summed E-state index contributed by atoms with van der Waals surface area (Å²) in [5.41, 5.74) is 3.06. The van der Waals surface area contributed by atoms with E-state index in [1.807, 2.05) is 30.3 Å². The van der Waals surface area contributed by atoms with Gasteiger partial charge in [0.2, 0.25) is 0 Å². The molecule has 21 heavy (non-hydrogen) atoms. The molecule has 0 aliphatic heterocycles. The zero-order chi connectivity index (χ0) is 15.0. The van der Waals surface area contributed by atoms with E-state index in [-0.39, 0.29) is 5.75 Å². The van der Waals surface area contributed by atoms with Gasteiger partial charge in [0.15, 0.2) is 0 Å². The average Bonchev–Trinajstić information content (AvgIpc) is 2.86. The number of nitrogens with zero attached hydrogens (tertiary/aromatic N) is 1. The van der Waals surface area contributed by atoms with E-state index in [9.17, 15) is 10.2 Å². The predicted octanol–water partition coefficient (Wildman–Crippen LogP) is 3.14. The summed E-state index contributed by atoms with van der Waals surface area (Å²) in [4.78, 5) is 0. The van der Waals surface area contributed by atoms with Crippen LogP contribution in [0.15, 0.2) is 42.5 Å². The minimum absolute atomic E-state index is 0.232. The van der Waals surface area contributed by atoms with Crippen LogP contribution >= 0.6 is 12.6 Å². The first-order chi connectivity index (χ1) is 10.2. The largest absolute Gasteiger partial charge is 0.389 e. The number of hydrogen-bond donors (Lipinski definition) is 3. The highest BCUT2D eigenvalue weighted by molar-refractivity contribution is 7.80. The molecule has 1 aromatic heterocycles. The van der Waals surface area contributed by atoms with Crippen molar-refractivity contribution in [2.45, 2.75) is 25.7 Å². The molecule has 0 bridgehead atoms. The molecule has 2 N–H and O–H groups in total. The van der Waals surface area contributed by atoms with E-state index in [1.165, 1.54) is 10.9 Å². The second-order valence-corrected chi connectivity index (χ2v) is 5.60. The molecule has 0 fully saturated rings. The Morgan fingerprint density at radius 3 is 2.48 bits per heavy atom. The fourth-order valence-electron chi connectivity index (χ4n) is 2.92. The SMILES string of the molecule is CCn1c2ccccc2c2cc(C(O)C(O)CS)ccc21. The van der Waals surface area contributed by atoms with E-state index in [0.29, 0.717) is 0 Å². The van der Waals surface area contributed by atoms with Gasteiger partial charge < -0.3 is 14.8 Å². The lowest BCUT2D eigenvalue weighted by atomic mass is 10.0. The van der Waals surface area contributed by atoms with Gasteiger partial charge in [-0.05, 0) is 30.7 Å². The number of aromatic nitrogens is 1. The molecule has 2 unspecified atom stereocenters. The van der Waals surface area contributed by atoms with Gasteiger partial charge in [-0.3, -0.25) is 0 Å². The van der Waals surface area contributed by atoms with Crippen LogP contribution in [0.2, 0.25) is 0 Å². The standard InChI is InChI=1S/C17H19NO2S/c1-2-18-14-6-4-3-5-12(14)13-9-11(7-8-15(13)18)17(20)16(19)10-21/h3-9,16-17,19-21H,2,10H2,1H3. The molecule has 0 amide bonds. The van der Waals surface area contributed by atoms with Crippen LogP contribution in [0.5, 0.6) is 0 Å². The minimum Gasteiger partial charge on any atom is -0.389 e. The van der Waals surface area contributed by atoms with Crippen LogP contribution in [-0.2, 0) is 6.54 Å². The Bertz CT molecular complexity index is 781. The highest BCUT2D eigenvalue weighted by Crippen LogP contribution is 2.31. The summed E-state index contributed by atoms with van der Waals surface area (Å²) in [6.07, 6.45) is -1.76. The van der Waals surface area contributed by atoms with Gasteiger partial charge in [-0.15, -0.1) is 0 Å². The Kier molecular flexibility index (Phi) is 3.93. The van der Waals surface area contributed by atoms with E-state index >= 15 is 0 Å². The van der Waals surface area contributed by atoms with E-state index in [4.69, 9.17) is 0 Å². The molecule has 3 rings (SSSR count). The van der Waals surface area contributed by atoms with Gasteiger partial charge in [-0.25, -0.2) is 0 Å². The molecule has 0 spiro atoms. The van der Waals surface area contributed by atoms with Crippen molar-refractivity contribution in [3.8, 4) is 0 Å². The lowest BCUT2D eigenvalue weighted by Crippen LogP contribution is -2.19. The molecule has 0 aliphatic carbocycles. The zero-order valence-electron chi connectivity index (χ0n) is 11.9. The lowest BCUT2D eigenvalue weighted by Gasteiger charge is -2.16. The second-order valence-electron chi connectivity index (χ2n) is 5.23. The summed E-state index contributed by atoms with van der Waals surface area (Å²) < 4.78 is 2.26. The van der Waals surface area contributed by atoms with Gasteiger partial charge in [0.1, 0.15) is 6.10 Å². The van der Waals surface area contributed by atoms with Crippen LogP contribution in [0.4, 0.5) is 0 Å². The van der Waals surface area contributed by atoms with Crippen molar-refractivity contribution < 1.29 is 10.2 Å². The van der Waals surface area contributed by atoms with Crippen molar-refractivity contribution in [1.82, 2.24) is 4.57 Å². The molecule has 0 saturated carbocycles. The monoisotopic (exact) mass is 301 g/mol. The van der Waals surface area contributed by atoms with Gasteiger partial charge in [-0.1, -0.05) is 24.3 Å². The molecule has 2 aromatic carbocycles. The molecule has 2 atom stereocenters. The number of aryl methyl sites for hydroxylation is 1. The van der Waals surface area contributed by atoms with Crippen molar-refractivity contribution in [3.63, 3.8) is 0 Å². The molecule has 3 nitrogen and oxygen atoms in total. The first kappa shape index (κ1) is 14.4. The summed E-state index contributed by atoms with van der Waals surface area (Å²) in [6.45, 7) is 3.02. The first-order valence-corrected chi connectivity index (χ1v) is 7.78. The van der Waals surface area contributed by atoms with Crippen molar-refractivity contribution in [3.05, 3.63) is 48.0 Å². The number of benzene rings is 2. The first-order valence-electron chi connectivity index (χ1n) is 7.15. The maximum absolute atomic E-state index is 10.2. The molecule has 4 heteroatoms. The normalized spacial score (nSPS) is 14.7. The van der Waals surface area contributed by atoms with Crippen molar-refractivity contribution in [2.75, 3.05) is 5.75 Å². The Labute approximate surface area is 129 Å². The lowest BCUT2D eigenvalue weighted by molar-refractivity contribution is 0.0338. The van der Waals surface area contributed by atoms with E-state index in [0.717, 1.165) is 23.0 Å². The Balaban J connectivity index is 2.24. The number of fused-ring (bicyclic) bond motifs is 3. The van der Waals surface area contributed by atoms with E-state index < -0.39 is 12.2 Å². The predicted molar refractivity (Wildman–Crippen MR) is 89.9 cm³/mol. The fraction of sp³-hybridized carbons (Fsp3) is 0.294. The summed E-state index contributed by atoms with van der Waals surface area (Å²) in [5, 5.41) is 22.2. The van der Waals surface area contributed by atoms with Crippen LogP contribution in [0.3, 0.4) is 0 Å². The molecule has 0 saturated heterocycles. The summed E-state index contributed by atoms with van der Waals surface area (Å²) in [6, 6.07) is 14.1. The van der Waals surface area contributed by atoms with Crippen LogP contribution in [0.25, 0.3) is 21.8 Å². The molecule has 0 radical (unpaired) electrons. The van der Waals surface area contributed by atoms with Gasteiger partial charge >= 0.3 is 0 Å². The zero-order valence-corrected chi connectivity index (χ0v) is 12.8. The van der Waals surface area contributed by atoms with Crippen molar-refractivity contribution in [1.29, 1.82) is 0 Å². The Hall–Kier alpha value is -1.49. The van der Waals surface area contributed by atoms with Crippen LogP contribution in [-0.4, -0.2) is 26.6 Å². The highest BCUT2D eigenvalue weighted by Gasteiger charge is 2.18. The van der Waals surface area contributed by atoms with Crippen LogP contribution in [0, 0.1) is 0 Å². The molecular weight excluding hydrogens is 282 g/mol. The third-order valence-electron chi connectivity index (χ3n) is 4.01. The van der Waals surface area contributed by atoms with E-state index in [2.05, 4.69) is 36.3 Å². The van der Waals surface area contributed by atoms with Gasteiger partial charge in [-0.2, -0.15) is 12.6 Å². The average molecular weight is 301 g/mol. The second kappa shape index (κ2) is 5.72. The quantitative estimate of drug-likeness (QED) is 0.648. The number of thiol groups is 1. The topological polar surface area (TPSA) is 45.4 Å². The van der Waals surface area contributed by atoms with Crippen molar-refractivity contribution >= 4 is 34.4 Å². The summed E-state index contributed by atoms with van der Waals surface area (Å²) >= 11 is 4.04. The molecule has 0 aliphatic rings. The summed E-state index contributed by atoms with van der Waals surface area (Å²) in [5.74, 6) is 0.232. The maximum Gasteiger partial charge on any atom is 0.106 e. The number of para-hydroxylation sites is 1. The van der Waals surface area contributed by atoms with Gasteiger partial charge in [0.25, 0.3) is 0 Å². The third-order valence-corrected chi connectivity index (χ3v) is 4.38. The molecule has 1 heterocycles. The fourth-order valence-corrected chi connectivity index (χ4v) is 3.12.